The van der Waals surface area contributed by atoms with E-state index in [4.69, 9.17) is 33.2 Å². The number of aliphatic hydroxyl groups is 1. The molecule has 4 aliphatic heterocycles. The average Bonchev–Trinajstić information content (AvgIpc) is 3.39. The molecule has 1 spiro atoms. The normalized spacial score (nSPS) is 44.5. The Balaban J connectivity index is 1.52. The third kappa shape index (κ3) is 7.82. The zero-order chi connectivity index (χ0) is 33.8. The number of carbonyl (C=O) groups is 1. The summed E-state index contributed by atoms with van der Waals surface area (Å²) in [4.78, 5) is 14.1. The van der Waals surface area contributed by atoms with E-state index in [-0.39, 0.29) is 30.7 Å². The standard InChI is InChI=1S/C38H58O9/c1-8-24(2)34-27(5)16-17-37(47-34)21-30-20-29(46-37)13-12-26(4)31(23-43-19-18-41-6)25(3)10-9-11-28-22-44-35-33(42-7)15-14-32(36(39)45-30)38(28,35)40/h9-12,14-15,24-25,27,29-35,40H,8,13,16-23H2,1-7H3/b10-9+,26-12+,28-11+/t24-,25-,27-,29+,30-,31?,32-,33+,34+,35+,37-,38+/m0/s1. The summed E-state index contributed by atoms with van der Waals surface area (Å²) in [7, 11) is 3.26. The van der Waals surface area contributed by atoms with Crippen LogP contribution in [0.1, 0.15) is 73.1 Å². The van der Waals surface area contributed by atoms with Crippen molar-refractivity contribution >= 4 is 5.97 Å². The number of fused-ring (bicyclic) bond motifs is 2. The molecule has 1 unspecified atom stereocenters. The van der Waals surface area contributed by atoms with Gasteiger partial charge in [-0.25, -0.2) is 0 Å². The fourth-order valence-electron chi connectivity index (χ4n) is 8.21. The van der Waals surface area contributed by atoms with Crippen molar-refractivity contribution in [2.45, 2.75) is 115 Å². The Kier molecular flexibility index (Phi) is 12.2. The van der Waals surface area contributed by atoms with Crippen molar-refractivity contribution in [3.8, 4) is 0 Å². The van der Waals surface area contributed by atoms with Crippen molar-refractivity contribution in [1.29, 1.82) is 0 Å². The van der Waals surface area contributed by atoms with Gasteiger partial charge in [-0.15, -0.1) is 0 Å². The van der Waals surface area contributed by atoms with Gasteiger partial charge in [0.1, 0.15) is 29.8 Å². The van der Waals surface area contributed by atoms with E-state index in [2.05, 4.69) is 46.8 Å². The molecule has 2 bridgehead atoms. The van der Waals surface area contributed by atoms with Crippen molar-refractivity contribution in [2.24, 2.45) is 29.6 Å². The maximum Gasteiger partial charge on any atom is 0.316 e. The van der Waals surface area contributed by atoms with Crippen molar-refractivity contribution in [1.82, 2.24) is 0 Å². The van der Waals surface area contributed by atoms with Crippen LogP contribution < -0.4 is 0 Å². The van der Waals surface area contributed by atoms with Crippen molar-refractivity contribution in [2.75, 3.05) is 40.6 Å². The fourth-order valence-corrected chi connectivity index (χ4v) is 8.21. The minimum Gasteiger partial charge on any atom is -0.462 e. The molecule has 12 atom stereocenters. The minimum absolute atomic E-state index is 0.0670. The minimum atomic E-state index is -1.60. The van der Waals surface area contributed by atoms with Crippen molar-refractivity contribution < 1.29 is 43.1 Å². The number of hydrogen-bond acceptors (Lipinski definition) is 9. The van der Waals surface area contributed by atoms with Crippen LogP contribution in [0.15, 0.2) is 47.6 Å². The highest BCUT2D eigenvalue weighted by atomic mass is 16.7. The SMILES string of the molecule is CC[C@H](C)[C@H]1O[C@@]2(CC[C@@H]1C)C[C@@H]1C[C@@H](C/C=C(\C)C(COCCOC)[C@@H](C)/C=C/C=C3\CO[C@@H]4[C@H](OC)C=C[C@@H](C(=O)O1)[C@]34O)O2. The van der Waals surface area contributed by atoms with Crippen LogP contribution in [0.5, 0.6) is 0 Å². The molecule has 3 saturated heterocycles. The number of esters is 1. The molecule has 4 heterocycles. The molecule has 0 saturated carbocycles. The highest BCUT2D eigenvalue weighted by molar-refractivity contribution is 5.78. The summed E-state index contributed by atoms with van der Waals surface area (Å²) >= 11 is 0. The Morgan fingerprint density at radius 2 is 1.91 bits per heavy atom. The summed E-state index contributed by atoms with van der Waals surface area (Å²) in [6, 6.07) is 0. The molecular weight excluding hydrogens is 600 g/mol. The van der Waals surface area contributed by atoms with Gasteiger partial charge in [-0.2, -0.15) is 0 Å². The Labute approximate surface area is 281 Å². The van der Waals surface area contributed by atoms with Gasteiger partial charge in [0.05, 0.1) is 38.6 Å². The van der Waals surface area contributed by atoms with Gasteiger partial charge in [-0.1, -0.05) is 76.1 Å². The number of carbonyl (C=O) groups excluding carboxylic acids is 1. The summed E-state index contributed by atoms with van der Waals surface area (Å²) in [6.07, 6.45) is 14.4. The molecule has 3 fully saturated rings. The van der Waals surface area contributed by atoms with E-state index in [0.29, 0.717) is 56.5 Å². The molecule has 1 aliphatic carbocycles. The first-order valence-electron chi connectivity index (χ1n) is 17.8. The Hall–Kier alpha value is -1.85. The number of hydrogen-bond donors (Lipinski definition) is 1. The smallest absolute Gasteiger partial charge is 0.316 e. The monoisotopic (exact) mass is 658 g/mol. The van der Waals surface area contributed by atoms with Gasteiger partial charge in [0.15, 0.2) is 5.79 Å². The number of methoxy groups -OCH3 is 2. The van der Waals surface area contributed by atoms with E-state index < -0.39 is 41.6 Å². The van der Waals surface area contributed by atoms with E-state index in [1.54, 1.807) is 20.3 Å². The largest absolute Gasteiger partial charge is 0.462 e. The van der Waals surface area contributed by atoms with E-state index in [9.17, 15) is 9.90 Å². The quantitative estimate of drug-likeness (QED) is 0.200. The Bertz CT molecular complexity index is 1190. The molecular formula is C38H58O9. The predicted octanol–water partition coefficient (Wildman–Crippen LogP) is 5.71. The van der Waals surface area contributed by atoms with Crippen LogP contribution in [0, 0.1) is 29.6 Å². The second-order valence-corrected chi connectivity index (χ2v) is 14.5. The number of allylic oxidation sites excluding steroid dienone is 3. The summed E-state index contributed by atoms with van der Waals surface area (Å²) < 4.78 is 43.2. The lowest BCUT2D eigenvalue weighted by molar-refractivity contribution is -0.340. The van der Waals surface area contributed by atoms with Gasteiger partial charge in [-0.05, 0) is 43.1 Å². The van der Waals surface area contributed by atoms with Crippen LogP contribution in [0.4, 0.5) is 0 Å². The molecule has 0 aromatic heterocycles. The van der Waals surface area contributed by atoms with Crippen LogP contribution in [0.2, 0.25) is 0 Å². The van der Waals surface area contributed by atoms with Gasteiger partial charge in [0.2, 0.25) is 0 Å². The van der Waals surface area contributed by atoms with Crippen LogP contribution in [-0.2, 0) is 38.0 Å². The first kappa shape index (κ1) is 36.4. The topological polar surface area (TPSA) is 102 Å². The molecule has 1 N–H and O–H groups in total. The molecule has 0 aromatic carbocycles. The van der Waals surface area contributed by atoms with Gasteiger partial charge in [0, 0.05) is 39.4 Å². The first-order valence-corrected chi connectivity index (χ1v) is 17.8. The molecule has 264 valence electrons. The highest BCUT2D eigenvalue weighted by Crippen LogP contribution is 2.47. The maximum atomic E-state index is 14.1. The van der Waals surface area contributed by atoms with Gasteiger partial charge < -0.3 is 38.3 Å². The molecule has 47 heavy (non-hydrogen) atoms. The van der Waals surface area contributed by atoms with Crippen molar-refractivity contribution in [3.63, 3.8) is 0 Å². The van der Waals surface area contributed by atoms with Gasteiger partial charge >= 0.3 is 5.97 Å². The van der Waals surface area contributed by atoms with E-state index >= 15 is 0 Å². The number of ether oxygens (including phenoxy) is 7. The zero-order valence-corrected chi connectivity index (χ0v) is 29.5. The highest BCUT2D eigenvalue weighted by Gasteiger charge is 2.59. The van der Waals surface area contributed by atoms with Crippen molar-refractivity contribution in [3.05, 3.63) is 47.6 Å². The lowest BCUT2D eigenvalue weighted by Gasteiger charge is -2.51. The van der Waals surface area contributed by atoms with E-state index in [1.165, 1.54) is 5.57 Å². The summed E-state index contributed by atoms with van der Waals surface area (Å²) in [5.41, 5.74) is 0.250. The van der Waals surface area contributed by atoms with Crippen LogP contribution in [0.25, 0.3) is 0 Å². The lowest BCUT2D eigenvalue weighted by Crippen LogP contribution is -2.58. The predicted molar refractivity (Wildman–Crippen MR) is 179 cm³/mol. The van der Waals surface area contributed by atoms with Gasteiger partial charge in [-0.3, -0.25) is 4.79 Å². The maximum absolute atomic E-state index is 14.1. The molecule has 0 aromatic rings. The van der Waals surface area contributed by atoms with Gasteiger partial charge in [0.25, 0.3) is 0 Å². The third-order valence-electron chi connectivity index (χ3n) is 11.3. The lowest BCUT2D eigenvalue weighted by atomic mass is 9.73. The fraction of sp³-hybridized carbons (Fsp3) is 0.763. The Morgan fingerprint density at radius 3 is 2.66 bits per heavy atom. The van der Waals surface area contributed by atoms with Crippen LogP contribution in [0.3, 0.4) is 0 Å². The molecule has 0 amide bonds. The second-order valence-electron chi connectivity index (χ2n) is 14.5. The molecule has 5 rings (SSSR count). The number of rotatable bonds is 8. The van der Waals surface area contributed by atoms with Crippen LogP contribution in [-0.4, -0.2) is 93.6 Å². The molecule has 0 radical (unpaired) electrons. The average molecular weight is 659 g/mol. The summed E-state index contributed by atoms with van der Waals surface area (Å²) in [5, 5.41) is 12.4. The molecule has 5 aliphatic rings. The van der Waals surface area contributed by atoms with Crippen LogP contribution >= 0.6 is 0 Å². The summed E-state index contributed by atoms with van der Waals surface area (Å²) in [6.45, 7) is 12.9. The Morgan fingerprint density at radius 1 is 1.11 bits per heavy atom. The van der Waals surface area contributed by atoms with E-state index in [1.807, 2.05) is 18.2 Å². The second kappa shape index (κ2) is 15.8. The zero-order valence-electron chi connectivity index (χ0n) is 29.5. The molecule has 9 heteroatoms. The third-order valence-corrected chi connectivity index (χ3v) is 11.3. The summed E-state index contributed by atoms with van der Waals surface area (Å²) in [5.74, 6) is -1.17. The molecule has 9 nitrogen and oxygen atoms in total. The first-order chi connectivity index (χ1) is 22.5. The van der Waals surface area contributed by atoms with E-state index in [0.717, 1.165) is 19.3 Å².